The molecule has 16 heavy (non-hydrogen) atoms. The van der Waals surface area contributed by atoms with Crippen LogP contribution >= 0.6 is 0 Å². The number of carbonyl (C=O) groups is 1. The number of ether oxygens (including phenoxy) is 1. The van der Waals surface area contributed by atoms with E-state index >= 15 is 0 Å². The van der Waals surface area contributed by atoms with Crippen LogP contribution in [0.2, 0.25) is 0 Å². The van der Waals surface area contributed by atoms with Gasteiger partial charge in [0.25, 0.3) is 0 Å². The molecule has 0 aliphatic rings. The average molecular weight is 230 g/mol. The number of carbonyl (C=O) groups excluding carboxylic acids is 1. The van der Waals surface area contributed by atoms with E-state index < -0.39 is 0 Å². The molecule has 1 atom stereocenters. The third kappa shape index (κ3) is 5.95. The van der Waals surface area contributed by atoms with Gasteiger partial charge < -0.3 is 15.0 Å². The highest BCUT2D eigenvalue weighted by Gasteiger charge is 2.17. The standard InChI is InChI=1S/C12H26N2O2/c1-5-7-8-13-12(15)14(9-10-16-4)11(3)6-2/h11H,5-10H2,1-4H3,(H,13,15). The van der Waals surface area contributed by atoms with Crippen LogP contribution in [0.1, 0.15) is 40.0 Å². The SMILES string of the molecule is CCCCNC(=O)N(CCOC)C(C)CC. The van der Waals surface area contributed by atoms with E-state index in [1.165, 1.54) is 0 Å². The van der Waals surface area contributed by atoms with Crippen molar-refractivity contribution in [3.8, 4) is 0 Å². The molecule has 0 saturated carbocycles. The molecule has 0 rings (SSSR count). The maximum atomic E-state index is 11.9. The first-order valence-corrected chi connectivity index (χ1v) is 6.20. The molecule has 1 N–H and O–H groups in total. The van der Waals surface area contributed by atoms with Crippen molar-refractivity contribution in [3.05, 3.63) is 0 Å². The predicted molar refractivity (Wildman–Crippen MR) is 66.6 cm³/mol. The van der Waals surface area contributed by atoms with E-state index in [1.54, 1.807) is 7.11 Å². The Kier molecular flexibility index (Phi) is 9.00. The first kappa shape index (κ1) is 15.2. The van der Waals surface area contributed by atoms with Crippen LogP contribution in [0.3, 0.4) is 0 Å². The summed E-state index contributed by atoms with van der Waals surface area (Å²) in [7, 11) is 1.66. The van der Waals surface area contributed by atoms with Gasteiger partial charge in [0.1, 0.15) is 0 Å². The normalized spacial score (nSPS) is 12.2. The van der Waals surface area contributed by atoms with E-state index in [9.17, 15) is 4.79 Å². The lowest BCUT2D eigenvalue weighted by atomic mass is 10.2. The Morgan fingerprint density at radius 2 is 2.12 bits per heavy atom. The minimum atomic E-state index is 0.0276. The molecule has 0 bridgehead atoms. The topological polar surface area (TPSA) is 41.6 Å². The number of nitrogens with zero attached hydrogens (tertiary/aromatic N) is 1. The van der Waals surface area contributed by atoms with Gasteiger partial charge in [0, 0.05) is 26.2 Å². The van der Waals surface area contributed by atoms with Crippen molar-refractivity contribution in [2.75, 3.05) is 26.8 Å². The lowest BCUT2D eigenvalue weighted by Gasteiger charge is -2.28. The molecule has 0 fully saturated rings. The minimum Gasteiger partial charge on any atom is -0.383 e. The summed E-state index contributed by atoms with van der Waals surface area (Å²) >= 11 is 0. The van der Waals surface area contributed by atoms with E-state index in [2.05, 4.69) is 26.1 Å². The van der Waals surface area contributed by atoms with E-state index in [0.717, 1.165) is 25.8 Å². The summed E-state index contributed by atoms with van der Waals surface area (Å²) in [6.45, 7) is 8.27. The van der Waals surface area contributed by atoms with Gasteiger partial charge in [-0.05, 0) is 19.8 Å². The monoisotopic (exact) mass is 230 g/mol. The number of nitrogens with one attached hydrogen (secondary N) is 1. The van der Waals surface area contributed by atoms with Crippen LogP contribution in [0, 0.1) is 0 Å². The molecule has 0 aromatic rings. The van der Waals surface area contributed by atoms with Gasteiger partial charge in [-0.1, -0.05) is 20.3 Å². The van der Waals surface area contributed by atoms with Crippen LogP contribution in [0.4, 0.5) is 4.79 Å². The number of urea groups is 1. The zero-order valence-corrected chi connectivity index (χ0v) is 11.1. The van der Waals surface area contributed by atoms with Gasteiger partial charge in [-0.2, -0.15) is 0 Å². The van der Waals surface area contributed by atoms with Crippen molar-refractivity contribution in [2.45, 2.75) is 46.1 Å². The third-order valence-electron chi connectivity index (χ3n) is 2.73. The van der Waals surface area contributed by atoms with E-state index in [0.29, 0.717) is 13.2 Å². The molecular formula is C12H26N2O2. The van der Waals surface area contributed by atoms with Crippen LogP contribution in [0.25, 0.3) is 0 Å². The number of amides is 2. The molecule has 1 unspecified atom stereocenters. The summed E-state index contributed by atoms with van der Waals surface area (Å²) in [5.74, 6) is 0. The fourth-order valence-corrected chi connectivity index (χ4v) is 1.41. The summed E-state index contributed by atoms with van der Waals surface area (Å²) in [6, 6.07) is 0.289. The highest BCUT2D eigenvalue weighted by atomic mass is 16.5. The Balaban J connectivity index is 4.09. The molecule has 0 saturated heterocycles. The van der Waals surface area contributed by atoms with Gasteiger partial charge in [0.15, 0.2) is 0 Å². The Bertz CT molecular complexity index is 186. The molecule has 0 aliphatic carbocycles. The zero-order valence-electron chi connectivity index (χ0n) is 11.1. The molecule has 4 heteroatoms. The summed E-state index contributed by atoms with van der Waals surface area (Å²) in [6.07, 6.45) is 3.09. The number of hydrogen-bond acceptors (Lipinski definition) is 2. The molecule has 2 amide bonds. The fourth-order valence-electron chi connectivity index (χ4n) is 1.41. The van der Waals surface area contributed by atoms with Crippen molar-refractivity contribution in [3.63, 3.8) is 0 Å². The van der Waals surface area contributed by atoms with Crippen LogP contribution < -0.4 is 5.32 Å². The largest absolute Gasteiger partial charge is 0.383 e. The van der Waals surface area contributed by atoms with Crippen LogP contribution in [-0.2, 0) is 4.74 Å². The number of rotatable bonds is 8. The summed E-state index contributed by atoms with van der Waals surface area (Å²) < 4.78 is 5.02. The zero-order chi connectivity index (χ0) is 12.4. The maximum Gasteiger partial charge on any atom is 0.317 e. The highest BCUT2D eigenvalue weighted by molar-refractivity contribution is 5.74. The molecule has 0 heterocycles. The van der Waals surface area contributed by atoms with Gasteiger partial charge in [-0.3, -0.25) is 0 Å². The molecule has 96 valence electrons. The van der Waals surface area contributed by atoms with Gasteiger partial charge in [-0.25, -0.2) is 4.79 Å². The van der Waals surface area contributed by atoms with Gasteiger partial charge >= 0.3 is 6.03 Å². The molecule has 0 aromatic carbocycles. The Hall–Kier alpha value is -0.770. The van der Waals surface area contributed by atoms with E-state index in [-0.39, 0.29) is 12.1 Å². The second-order valence-corrected chi connectivity index (χ2v) is 4.03. The van der Waals surface area contributed by atoms with Crippen LogP contribution in [0.5, 0.6) is 0 Å². The van der Waals surface area contributed by atoms with Crippen molar-refractivity contribution >= 4 is 6.03 Å². The van der Waals surface area contributed by atoms with Gasteiger partial charge in [0.05, 0.1) is 6.61 Å². The second-order valence-electron chi connectivity index (χ2n) is 4.03. The molecule has 4 nitrogen and oxygen atoms in total. The first-order valence-electron chi connectivity index (χ1n) is 6.20. The first-order chi connectivity index (χ1) is 7.67. The molecule has 0 aromatic heterocycles. The average Bonchev–Trinajstić information content (AvgIpc) is 2.29. The summed E-state index contributed by atoms with van der Waals surface area (Å²) in [5, 5.41) is 2.94. The molecular weight excluding hydrogens is 204 g/mol. The minimum absolute atomic E-state index is 0.0276. The van der Waals surface area contributed by atoms with Crippen molar-refractivity contribution in [1.82, 2.24) is 10.2 Å². The predicted octanol–water partition coefficient (Wildman–Crippen LogP) is 2.24. The number of methoxy groups -OCH3 is 1. The van der Waals surface area contributed by atoms with Gasteiger partial charge in [0.2, 0.25) is 0 Å². The number of unbranched alkanes of at least 4 members (excludes halogenated alkanes) is 1. The van der Waals surface area contributed by atoms with Crippen molar-refractivity contribution < 1.29 is 9.53 Å². The third-order valence-corrected chi connectivity index (χ3v) is 2.73. The van der Waals surface area contributed by atoms with Gasteiger partial charge in [-0.15, -0.1) is 0 Å². The lowest BCUT2D eigenvalue weighted by molar-refractivity contribution is 0.131. The van der Waals surface area contributed by atoms with Crippen molar-refractivity contribution in [2.24, 2.45) is 0 Å². The van der Waals surface area contributed by atoms with Crippen LogP contribution in [0.15, 0.2) is 0 Å². The molecule has 0 radical (unpaired) electrons. The smallest absolute Gasteiger partial charge is 0.317 e. The second kappa shape index (κ2) is 9.46. The Morgan fingerprint density at radius 1 is 1.44 bits per heavy atom. The fraction of sp³-hybridized carbons (Fsp3) is 0.917. The van der Waals surface area contributed by atoms with Crippen LogP contribution in [-0.4, -0.2) is 43.8 Å². The van der Waals surface area contributed by atoms with E-state index in [1.807, 2.05) is 4.90 Å². The van der Waals surface area contributed by atoms with E-state index in [4.69, 9.17) is 4.74 Å². The molecule has 0 spiro atoms. The van der Waals surface area contributed by atoms with Crippen molar-refractivity contribution in [1.29, 1.82) is 0 Å². The lowest BCUT2D eigenvalue weighted by Crippen LogP contribution is -2.46. The highest BCUT2D eigenvalue weighted by Crippen LogP contribution is 2.03. The summed E-state index contributed by atoms with van der Waals surface area (Å²) in [4.78, 5) is 13.7. The number of hydrogen-bond donors (Lipinski definition) is 1. The Morgan fingerprint density at radius 3 is 2.62 bits per heavy atom. The molecule has 0 aliphatic heterocycles. The quantitative estimate of drug-likeness (QED) is 0.650. The maximum absolute atomic E-state index is 11.9. The Labute approximate surface area is 99.3 Å². The summed E-state index contributed by atoms with van der Waals surface area (Å²) in [5.41, 5.74) is 0.